The maximum absolute atomic E-state index is 8.65. The van der Waals surface area contributed by atoms with Crippen LogP contribution in [-0.2, 0) is 9.47 Å². The van der Waals surface area contributed by atoms with Crippen molar-refractivity contribution < 1.29 is 19.3 Å². The molecule has 1 aromatic rings. The maximum atomic E-state index is 8.65. The minimum Gasteiger partial charge on any atom is -0.491 e. The van der Waals surface area contributed by atoms with Gasteiger partial charge in [-0.2, -0.15) is 0 Å². The fraction of sp³-hybridized carbons (Fsp3) is 0.529. The van der Waals surface area contributed by atoms with E-state index in [0.717, 1.165) is 11.3 Å². The minimum absolute atomic E-state index is 0.0937. The predicted octanol–water partition coefficient (Wildman–Crippen LogP) is 2.24. The van der Waals surface area contributed by atoms with Crippen molar-refractivity contribution in [3.63, 3.8) is 0 Å². The fourth-order valence-electron chi connectivity index (χ4n) is 1.52. The molecule has 0 radical (unpaired) electrons. The van der Waals surface area contributed by atoms with Gasteiger partial charge in [-0.25, -0.2) is 0 Å². The third-order valence-electron chi connectivity index (χ3n) is 2.50. The summed E-state index contributed by atoms with van der Waals surface area (Å²) in [6, 6.07) is 7.56. The molecule has 116 valence electrons. The SMILES string of the molecule is CC(C)OCCOCCOc1ccc(C#CCCO)cc1. The van der Waals surface area contributed by atoms with Gasteiger partial charge < -0.3 is 19.3 Å². The molecule has 0 aromatic heterocycles. The Bertz CT molecular complexity index is 428. The summed E-state index contributed by atoms with van der Waals surface area (Å²) in [4.78, 5) is 0. The van der Waals surface area contributed by atoms with Gasteiger partial charge in [-0.15, -0.1) is 0 Å². The average molecular weight is 292 g/mol. The Balaban J connectivity index is 2.14. The van der Waals surface area contributed by atoms with E-state index in [0.29, 0.717) is 32.8 Å². The number of aliphatic hydroxyl groups is 1. The summed E-state index contributed by atoms with van der Waals surface area (Å²) in [5, 5.41) is 8.65. The van der Waals surface area contributed by atoms with E-state index in [9.17, 15) is 0 Å². The van der Waals surface area contributed by atoms with Gasteiger partial charge in [0.05, 0.1) is 32.5 Å². The first-order valence-electron chi connectivity index (χ1n) is 7.24. The Morgan fingerprint density at radius 3 is 2.43 bits per heavy atom. The Morgan fingerprint density at radius 2 is 1.76 bits per heavy atom. The zero-order chi connectivity index (χ0) is 15.3. The summed E-state index contributed by atoms with van der Waals surface area (Å²) in [5.41, 5.74) is 0.915. The lowest BCUT2D eigenvalue weighted by molar-refractivity contribution is 0.0124. The average Bonchev–Trinajstić information content (AvgIpc) is 2.48. The van der Waals surface area contributed by atoms with Crippen LogP contribution in [0.15, 0.2) is 24.3 Å². The van der Waals surface area contributed by atoms with Gasteiger partial charge in [0, 0.05) is 12.0 Å². The molecule has 0 fully saturated rings. The lowest BCUT2D eigenvalue weighted by Gasteiger charge is -2.09. The van der Waals surface area contributed by atoms with Gasteiger partial charge >= 0.3 is 0 Å². The zero-order valence-electron chi connectivity index (χ0n) is 12.8. The highest BCUT2D eigenvalue weighted by molar-refractivity contribution is 5.38. The summed E-state index contributed by atoms with van der Waals surface area (Å²) in [6.07, 6.45) is 0.736. The summed E-state index contributed by atoms with van der Waals surface area (Å²) >= 11 is 0. The molecule has 1 aromatic carbocycles. The van der Waals surface area contributed by atoms with E-state index in [1.807, 2.05) is 38.1 Å². The van der Waals surface area contributed by atoms with Gasteiger partial charge in [-0.1, -0.05) is 11.8 Å². The maximum Gasteiger partial charge on any atom is 0.119 e. The van der Waals surface area contributed by atoms with Gasteiger partial charge in [0.25, 0.3) is 0 Å². The first-order valence-corrected chi connectivity index (χ1v) is 7.24. The largest absolute Gasteiger partial charge is 0.491 e. The van der Waals surface area contributed by atoms with Crippen LogP contribution in [0.5, 0.6) is 5.75 Å². The Labute approximate surface area is 127 Å². The second-order valence-corrected chi connectivity index (χ2v) is 4.68. The second kappa shape index (κ2) is 11.2. The van der Waals surface area contributed by atoms with Gasteiger partial charge in [0.2, 0.25) is 0 Å². The molecule has 0 atom stereocenters. The smallest absolute Gasteiger partial charge is 0.119 e. The molecule has 0 spiro atoms. The molecule has 0 saturated heterocycles. The molecular weight excluding hydrogens is 268 g/mol. The zero-order valence-corrected chi connectivity index (χ0v) is 12.8. The number of benzene rings is 1. The van der Waals surface area contributed by atoms with Crippen LogP contribution in [0.2, 0.25) is 0 Å². The van der Waals surface area contributed by atoms with Crippen molar-refractivity contribution in [1.29, 1.82) is 0 Å². The first-order chi connectivity index (χ1) is 10.2. The number of aliphatic hydroxyl groups excluding tert-OH is 1. The molecule has 4 nitrogen and oxygen atoms in total. The number of hydrogen-bond donors (Lipinski definition) is 1. The molecule has 0 unspecified atom stereocenters. The molecule has 0 aliphatic rings. The highest BCUT2D eigenvalue weighted by atomic mass is 16.5. The number of rotatable bonds is 9. The Morgan fingerprint density at radius 1 is 1.05 bits per heavy atom. The molecule has 21 heavy (non-hydrogen) atoms. The van der Waals surface area contributed by atoms with E-state index in [2.05, 4.69) is 11.8 Å². The first kappa shape index (κ1) is 17.5. The van der Waals surface area contributed by atoms with Crippen LogP contribution in [0.3, 0.4) is 0 Å². The predicted molar refractivity (Wildman–Crippen MR) is 82.4 cm³/mol. The molecule has 0 heterocycles. The molecule has 4 heteroatoms. The lowest BCUT2D eigenvalue weighted by atomic mass is 10.2. The Hall–Kier alpha value is -1.54. The third-order valence-corrected chi connectivity index (χ3v) is 2.50. The molecule has 0 aliphatic heterocycles. The summed E-state index contributed by atoms with van der Waals surface area (Å²) in [5.74, 6) is 6.64. The van der Waals surface area contributed by atoms with Crippen LogP contribution in [0.4, 0.5) is 0 Å². The van der Waals surface area contributed by atoms with E-state index in [1.54, 1.807) is 0 Å². The van der Waals surface area contributed by atoms with Gasteiger partial charge in [-0.3, -0.25) is 0 Å². The quantitative estimate of drug-likeness (QED) is 0.560. The second-order valence-electron chi connectivity index (χ2n) is 4.68. The standard InChI is InChI=1S/C17H24O4/c1-15(2)20-13-11-19-12-14-21-17-8-6-16(7-9-17)5-3-4-10-18/h6-9,15,18H,4,10-14H2,1-2H3. The minimum atomic E-state index is 0.0937. The van der Waals surface area contributed by atoms with Crippen LogP contribution in [0, 0.1) is 11.8 Å². The van der Waals surface area contributed by atoms with Gasteiger partial charge in [0.1, 0.15) is 12.4 Å². The monoisotopic (exact) mass is 292 g/mol. The van der Waals surface area contributed by atoms with Crippen LogP contribution < -0.4 is 4.74 Å². The van der Waals surface area contributed by atoms with Crippen LogP contribution in [0.1, 0.15) is 25.8 Å². The van der Waals surface area contributed by atoms with Crippen LogP contribution in [-0.4, -0.2) is 44.2 Å². The van der Waals surface area contributed by atoms with E-state index in [1.165, 1.54) is 0 Å². The molecular formula is C17H24O4. The highest BCUT2D eigenvalue weighted by Gasteiger charge is 1.96. The fourth-order valence-corrected chi connectivity index (χ4v) is 1.52. The van der Waals surface area contributed by atoms with E-state index < -0.39 is 0 Å². The van der Waals surface area contributed by atoms with E-state index in [4.69, 9.17) is 19.3 Å². The molecule has 0 amide bonds. The molecule has 1 rings (SSSR count). The van der Waals surface area contributed by atoms with E-state index >= 15 is 0 Å². The lowest BCUT2D eigenvalue weighted by Crippen LogP contribution is -2.13. The topological polar surface area (TPSA) is 47.9 Å². The normalized spacial score (nSPS) is 10.3. The Kier molecular flexibility index (Phi) is 9.30. The molecule has 0 aliphatic carbocycles. The van der Waals surface area contributed by atoms with Crippen molar-refractivity contribution >= 4 is 0 Å². The van der Waals surface area contributed by atoms with Crippen molar-refractivity contribution in [3.05, 3.63) is 29.8 Å². The van der Waals surface area contributed by atoms with Crippen molar-refractivity contribution in [2.75, 3.05) is 33.0 Å². The van der Waals surface area contributed by atoms with Gasteiger partial charge in [0.15, 0.2) is 0 Å². The van der Waals surface area contributed by atoms with Crippen molar-refractivity contribution in [2.45, 2.75) is 26.4 Å². The summed E-state index contributed by atoms with van der Waals surface area (Å²) < 4.78 is 16.3. The molecule has 0 bridgehead atoms. The molecule has 1 N–H and O–H groups in total. The third kappa shape index (κ3) is 9.09. The van der Waals surface area contributed by atoms with Crippen molar-refractivity contribution in [3.8, 4) is 17.6 Å². The molecule has 0 saturated carbocycles. The van der Waals surface area contributed by atoms with Crippen molar-refractivity contribution in [1.82, 2.24) is 0 Å². The summed E-state index contributed by atoms with van der Waals surface area (Å²) in [6.45, 7) is 6.34. The van der Waals surface area contributed by atoms with E-state index in [-0.39, 0.29) is 12.7 Å². The highest BCUT2D eigenvalue weighted by Crippen LogP contribution is 2.11. The number of hydrogen-bond acceptors (Lipinski definition) is 4. The van der Waals surface area contributed by atoms with Crippen LogP contribution in [0.25, 0.3) is 0 Å². The van der Waals surface area contributed by atoms with Gasteiger partial charge in [-0.05, 0) is 38.1 Å². The summed E-state index contributed by atoms with van der Waals surface area (Å²) in [7, 11) is 0. The van der Waals surface area contributed by atoms with Crippen molar-refractivity contribution in [2.24, 2.45) is 0 Å². The van der Waals surface area contributed by atoms with Crippen LogP contribution >= 0.6 is 0 Å². The number of ether oxygens (including phenoxy) is 3.